The minimum absolute atomic E-state index is 0.0214. The van der Waals surface area contributed by atoms with Crippen LogP contribution in [0.3, 0.4) is 0 Å². The molecular formula is C59H92O16. The molecule has 0 spiro atoms. The number of aliphatic hydroxyl groups is 4. The van der Waals surface area contributed by atoms with Crippen LogP contribution < -0.4 is 0 Å². The zero-order valence-corrected chi connectivity index (χ0v) is 46.3. The van der Waals surface area contributed by atoms with Gasteiger partial charge in [0, 0.05) is 44.6 Å². The Labute approximate surface area is 445 Å². The van der Waals surface area contributed by atoms with Gasteiger partial charge in [0.05, 0.1) is 127 Å². The van der Waals surface area contributed by atoms with Crippen molar-refractivity contribution < 1.29 is 77.7 Å². The lowest BCUT2D eigenvalue weighted by Gasteiger charge is -2.61. The average Bonchev–Trinajstić information content (AvgIpc) is 3.59. The van der Waals surface area contributed by atoms with Gasteiger partial charge in [0.2, 0.25) is 0 Å². The lowest BCUT2D eigenvalue weighted by atomic mass is 9.72. The summed E-state index contributed by atoms with van der Waals surface area (Å²) in [6.07, 6.45) is 6.94. The van der Waals surface area contributed by atoms with Gasteiger partial charge in [0.15, 0.2) is 0 Å². The molecule has 9 fully saturated rings. The van der Waals surface area contributed by atoms with Crippen LogP contribution in [0.1, 0.15) is 159 Å². The summed E-state index contributed by atoms with van der Waals surface area (Å²) in [5.41, 5.74) is -0.952. The molecule has 5 N–H and O–H groups in total. The number of aliphatic hydroxyl groups excluding tert-OH is 4. The minimum atomic E-state index is -1.05. The van der Waals surface area contributed by atoms with Crippen molar-refractivity contribution in [1.82, 2.24) is 0 Å². The highest BCUT2D eigenvalue weighted by molar-refractivity contribution is 5.67. The number of carboxylic acids is 1. The quantitative estimate of drug-likeness (QED) is 0.134. The van der Waals surface area contributed by atoms with Crippen molar-refractivity contribution in [2.75, 3.05) is 6.61 Å². The Kier molecular flexibility index (Phi) is 16.5. The third-order valence-electron chi connectivity index (χ3n) is 19.8. The number of hydrogen-bond donors (Lipinski definition) is 5. The Balaban J connectivity index is 0.787. The van der Waals surface area contributed by atoms with E-state index in [1.165, 1.54) is 0 Å². The van der Waals surface area contributed by atoms with E-state index in [0.29, 0.717) is 77.0 Å². The summed E-state index contributed by atoms with van der Waals surface area (Å²) in [7, 11) is 0. The lowest BCUT2D eigenvalue weighted by molar-refractivity contribution is -0.369. The number of aliphatic carboxylic acids is 1. The van der Waals surface area contributed by atoms with Gasteiger partial charge in [-0.2, -0.15) is 0 Å². The maximum Gasteiger partial charge on any atom is 0.303 e. The van der Waals surface area contributed by atoms with Gasteiger partial charge in [-0.3, -0.25) is 4.79 Å². The fourth-order valence-electron chi connectivity index (χ4n) is 15.8. The summed E-state index contributed by atoms with van der Waals surface area (Å²) in [6, 6.07) is 0. The molecule has 0 bridgehead atoms. The smallest absolute Gasteiger partial charge is 0.303 e. The number of carbonyl (C=O) groups is 1. The first-order chi connectivity index (χ1) is 35.5. The average molecular weight is 1060 g/mol. The van der Waals surface area contributed by atoms with Gasteiger partial charge >= 0.3 is 5.97 Å². The molecule has 10 rings (SSSR count). The Morgan fingerprint density at radius 3 is 2.27 bits per heavy atom. The first-order valence-electron chi connectivity index (χ1n) is 29.0. The summed E-state index contributed by atoms with van der Waals surface area (Å²) in [4.78, 5) is 11.4. The van der Waals surface area contributed by atoms with Crippen molar-refractivity contribution in [2.45, 2.75) is 297 Å². The summed E-state index contributed by atoms with van der Waals surface area (Å²) in [5.74, 6) is -0.742. The van der Waals surface area contributed by atoms with Crippen LogP contribution in [0.5, 0.6) is 0 Å². The monoisotopic (exact) mass is 1060 g/mol. The topological polar surface area (TPSA) is 211 Å². The van der Waals surface area contributed by atoms with Gasteiger partial charge < -0.3 is 72.9 Å². The minimum Gasteiger partial charge on any atom is -0.481 e. The molecule has 10 aliphatic rings. The van der Waals surface area contributed by atoms with Crippen LogP contribution in [-0.2, 0) is 52.2 Å². The third kappa shape index (κ3) is 11.3. The molecule has 16 heteroatoms. The molecule has 27 atom stereocenters. The zero-order chi connectivity index (χ0) is 53.5. The van der Waals surface area contributed by atoms with E-state index < -0.39 is 71.1 Å². The fourth-order valence-corrected chi connectivity index (χ4v) is 15.8. The molecule has 0 aromatic rings. The van der Waals surface area contributed by atoms with Crippen molar-refractivity contribution in [3.63, 3.8) is 0 Å². The molecular weight excluding hydrogens is 965 g/mol. The number of carboxylic acid groups (broad SMARTS) is 1. The molecule has 6 unspecified atom stereocenters. The lowest BCUT2D eigenvalue weighted by Crippen LogP contribution is -2.74. The molecule has 0 aromatic carbocycles. The second-order valence-corrected chi connectivity index (χ2v) is 26.3. The number of fused-ring (bicyclic) bond motifs is 8. The molecule has 0 saturated carbocycles. The van der Waals surface area contributed by atoms with Crippen molar-refractivity contribution >= 4 is 5.97 Å². The molecule has 0 radical (unpaired) electrons. The normalized spacial score (nSPS) is 51.6. The van der Waals surface area contributed by atoms with Crippen LogP contribution in [0.4, 0.5) is 0 Å². The fraction of sp³-hybridized carbons (Fsp3) is 0.881. The first-order valence-corrected chi connectivity index (χ1v) is 29.0. The van der Waals surface area contributed by atoms with Gasteiger partial charge in [-0.05, 0) is 116 Å². The predicted octanol–water partition coefficient (Wildman–Crippen LogP) is 6.84. The van der Waals surface area contributed by atoms with E-state index >= 15 is 0 Å². The van der Waals surface area contributed by atoms with Crippen molar-refractivity contribution in [3.8, 4) is 0 Å². The third-order valence-corrected chi connectivity index (χ3v) is 19.8. The SMILES string of the molecule is C=C1C[C@H]2O[C@@H]3[C@@H](C[C@]2(C)O[C@@H]1C/C(C)=C/C(C)CO)O[C@H]1C[C@H]2O[C@H]4CC[C@H]5O[C@H]6C[C@H]7O[C@@H](CC(O)CC8CC(C)C(C(C)CC(=O)O)O8)[C@@H](O)CC[C@@H]7O[C@]6(C)C[C@]5(C)O[C@@H]4C/C=C\[C@H](C)[C@@H]2O[C@]1(C)[C@H]3O. The number of ether oxygens (including phenoxy) is 10. The molecule has 10 heterocycles. The second kappa shape index (κ2) is 21.9. The van der Waals surface area contributed by atoms with Crippen LogP contribution in [-0.4, -0.2) is 176 Å². The molecule has 424 valence electrons. The zero-order valence-electron chi connectivity index (χ0n) is 46.3. The highest BCUT2D eigenvalue weighted by Crippen LogP contribution is 2.54. The highest BCUT2D eigenvalue weighted by Gasteiger charge is 2.65. The molecule has 75 heavy (non-hydrogen) atoms. The molecule has 0 aromatic heterocycles. The van der Waals surface area contributed by atoms with E-state index in [1.807, 2.05) is 20.8 Å². The van der Waals surface area contributed by atoms with Crippen molar-refractivity contribution in [2.24, 2.45) is 23.7 Å². The maximum absolute atomic E-state index is 12.4. The first kappa shape index (κ1) is 56.4. The van der Waals surface area contributed by atoms with E-state index in [1.54, 1.807) is 0 Å². The summed E-state index contributed by atoms with van der Waals surface area (Å²) in [5, 5.41) is 54.2. The Hall–Kier alpha value is -1.87. The molecule has 0 amide bonds. The Morgan fingerprint density at radius 2 is 1.51 bits per heavy atom. The summed E-state index contributed by atoms with van der Waals surface area (Å²) < 4.78 is 69.8. The van der Waals surface area contributed by atoms with Crippen LogP contribution in [0, 0.1) is 23.7 Å². The number of hydrogen-bond acceptors (Lipinski definition) is 15. The molecule has 16 nitrogen and oxygen atoms in total. The largest absolute Gasteiger partial charge is 0.481 e. The summed E-state index contributed by atoms with van der Waals surface area (Å²) in [6.45, 7) is 23.1. The van der Waals surface area contributed by atoms with Gasteiger partial charge in [-0.1, -0.05) is 58.1 Å². The maximum atomic E-state index is 12.4. The van der Waals surface area contributed by atoms with Crippen LogP contribution in [0.15, 0.2) is 36.0 Å². The van der Waals surface area contributed by atoms with E-state index in [2.05, 4.69) is 66.3 Å². The summed E-state index contributed by atoms with van der Waals surface area (Å²) >= 11 is 0. The second-order valence-electron chi connectivity index (χ2n) is 26.3. The van der Waals surface area contributed by atoms with E-state index in [9.17, 15) is 30.3 Å². The predicted molar refractivity (Wildman–Crippen MR) is 276 cm³/mol. The van der Waals surface area contributed by atoms with Gasteiger partial charge in [0.1, 0.15) is 17.8 Å². The van der Waals surface area contributed by atoms with Crippen molar-refractivity contribution in [3.05, 3.63) is 36.0 Å². The Bertz CT molecular complexity index is 2100. The standard InChI is InChI=1S/C59H92O16/c1-30(18-31(2)28-60)19-42-33(4)21-48-56(7,74-42)27-46-54(71-48)55(65)59(10)50(69-46)26-45-53(75-59)32(3)12-11-13-40-39(67-45)16-17-47-57(8,72-40)29-58(9)49(70-47)25-44-41(73-58)15-14-38(62)43(68-44)24-36(61)23-37-20-34(5)52(66-37)35(6)22-51(63)64/h11-12,18,31-32,34-50,52-55,60-62,65H,4,13-17,19-29H2,1-3,5-10H3,(H,63,64)/b12-11-,30-18+/t31?,32-,34?,35?,36?,37?,38-,39-,40+,41-,42+,43-,44+,45+,46+,47+,48+,49-,50-,52?,53-,54+,55-,56-,57-,58+,59-/m0/s1. The Morgan fingerprint density at radius 1 is 0.773 bits per heavy atom. The van der Waals surface area contributed by atoms with Gasteiger partial charge in [-0.25, -0.2) is 0 Å². The van der Waals surface area contributed by atoms with Crippen LogP contribution in [0.2, 0.25) is 0 Å². The molecule has 10 aliphatic heterocycles. The van der Waals surface area contributed by atoms with Gasteiger partial charge in [0.25, 0.3) is 0 Å². The molecule has 9 saturated heterocycles. The van der Waals surface area contributed by atoms with Crippen LogP contribution >= 0.6 is 0 Å². The number of rotatable bonds is 11. The van der Waals surface area contributed by atoms with E-state index in [0.717, 1.165) is 17.6 Å². The van der Waals surface area contributed by atoms with Crippen molar-refractivity contribution in [1.29, 1.82) is 0 Å². The van der Waals surface area contributed by atoms with E-state index in [4.69, 9.17) is 47.4 Å². The molecule has 0 aliphatic carbocycles. The van der Waals surface area contributed by atoms with E-state index in [-0.39, 0.29) is 116 Å². The van der Waals surface area contributed by atoms with Gasteiger partial charge in [-0.15, -0.1) is 0 Å². The highest BCUT2D eigenvalue weighted by atomic mass is 16.6. The van der Waals surface area contributed by atoms with Crippen LogP contribution in [0.25, 0.3) is 0 Å².